The van der Waals surface area contributed by atoms with Gasteiger partial charge in [-0.1, -0.05) is 162 Å². The highest BCUT2D eigenvalue weighted by molar-refractivity contribution is 5.91. The van der Waals surface area contributed by atoms with Crippen molar-refractivity contribution in [3.8, 4) is 0 Å². The maximum atomic E-state index is 11.7. The maximum absolute atomic E-state index is 11.7. The van der Waals surface area contributed by atoms with Gasteiger partial charge in [-0.15, -0.1) is 0 Å². The van der Waals surface area contributed by atoms with E-state index in [1.54, 1.807) is 20.9 Å². The number of ketones is 1. The summed E-state index contributed by atoms with van der Waals surface area (Å²) in [5.74, 6) is 1.50. The fraction of sp³-hybridized carbons (Fsp3) is 0.800. The van der Waals surface area contributed by atoms with E-state index in [4.69, 9.17) is 5.73 Å². The molecule has 0 bridgehead atoms. The Hall–Kier alpha value is -3.80. The molecule has 12 heteroatoms. The number of hydrogen-bond acceptors (Lipinski definition) is 7. The number of nitrogens with zero attached hydrogens (tertiary/aromatic N) is 1. The van der Waals surface area contributed by atoms with Crippen LogP contribution in [0.2, 0.25) is 0 Å². The van der Waals surface area contributed by atoms with Gasteiger partial charge in [-0.3, -0.25) is 28.8 Å². The molecule has 1 saturated carbocycles. The van der Waals surface area contributed by atoms with E-state index in [0.29, 0.717) is 57.3 Å². The Morgan fingerprint density at radius 2 is 0.944 bits per heavy atom. The molecule has 0 aromatic heterocycles. The number of rotatable bonds is 12. The molecule has 2 fully saturated rings. The van der Waals surface area contributed by atoms with Crippen LogP contribution in [-0.4, -0.2) is 77.6 Å². The van der Waals surface area contributed by atoms with Crippen LogP contribution in [0.15, 0.2) is 30.3 Å². The number of piperidine rings is 1. The number of nitrogens with two attached hydrogens (primary N) is 1. The fourth-order valence-corrected chi connectivity index (χ4v) is 7.33. The van der Waals surface area contributed by atoms with Crippen molar-refractivity contribution in [2.24, 2.45) is 44.1 Å². The molecule has 0 atom stereocenters. The highest BCUT2D eigenvalue weighted by atomic mass is 16.3. The van der Waals surface area contributed by atoms with Crippen molar-refractivity contribution in [3.05, 3.63) is 30.3 Å². The number of carbonyl (C=O) groups excluding carboxylic acids is 6. The molecular formula is C60H113N5O7. The van der Waals surface area contributed by atoms with Crippen molar-refractivity contribution in [2.75, 3.05) is 32.0 Å². The number of hydrogen-bond donors (Lipinski definition) is 5. The summed E-state index contributed by atoms with van der Waals surface area (Å²) in [6.07, 6.45) is 14.9. The van der Waals surface area contributed by atoms with Gasteiger partial charge in [0.1, 0.15) is 5.78 Å². The Bertz CT molecular complexity index is 1660. The van der Waals surface area contributed by atoms with E-state index in [9.17, 15) is 33.9 Å². The lowest BCUT2D eigenvalue weighted by Gasteiger charge is -2.29. The molecule has 1 aromatic rings. The van der Waals surface area contributed by atoms with Crippen molar-refractivity contribution >= 4 is 41.0 Å². The Kier molecular flexibility index (Phi) is 34.9. The summed E-state index contributed by atoms with van der Waals surface area (Å²) in [4.78, 5) is 69.2. The molecule has 0 unspecified atom stereocenters. The lowest BCUT2D eigenvalue weighted by Crippen LogP contribution is -2.37. The molecule has 1 aliphatic carbocycles. The number of aliphatic hydroxyl groups is 1. The lowest BCUT2D eigenvalue weighted by molar-refractivity contribution is -0.134. The number of para-hydroxylation sites is 1. The third-order valence-electron chi connectivity index (χ3n) is 10.6. The molecule has 420 valence electrons. The van der Waals surface area contributed by atoms with E-state index >= 15 is 0 Å². The van der Waals surface area contributed by atoms with E-state index < -0.39 is 5.60 Å². The van der Waals surface area contributed by atoms with Gasteiger partial charge in [0, 0.05) is 77.3 Å². The summed E-state index contributed by atoms with van der Waals surface area (Å²) in [6, 6.07) is 9.53. The molecule has 2 aliphatic rings. The number of primary amides is 1. The second kappa shape index (κ2) is 34.6. The Labute approximate surface area is 442 Å². The minimum Gasteiger partial charge on any atom is -0.390 e. The smallest absolute Gasteiger partial charge is 0.224 e. The van der Waals surface area contributed by atoms with Crippen LogP contribution in [0.3, 0.4) is 0 Å². The third-order valence-corrected chi connectivity index (χ3v) is 10.6. The number of likely N-dealkylation sites (tertiary alicyclic amines) is 1. The van der Waals surface area contributed by atoms with Crippen LogP contribution in [0.1, 0.15) is 241 Å². The molecule has 12 nitrogen and oxygen atoms in total. The van der Waals surface area contributed by atoms with E-state index in [-0.39, 0.29) is 61.9 Å². The van der Waals surface area contributed by atoms with Gasteiger partial charge in [-0.2, -0.15) is 0 Å². The normalized spacial score (nSPS) is 14.5. The highest BCUT2D eigenvalue weighted by Gasteiger charge is 2.23. The number of carbonyl (C=O) groups is 6. The van der Waals surface area contributed by atoms with Gasteiger partial charge in [0.15, 0.2) is 0 Å². The number of Topliss-reactive ketones (excluding diaryl/α,β-unsaturated/α-hetero) is 1. The minimum atomic E-state index is -0.715. The van der Waals surface area contributed by atoms with Crippen molar-refractivity contribution in [1.82, 2.24) is 15.5 Å². The molecule has 0 spiro atoms. The maximum Gasteiger partial charge on any atom is 0.224 e. The zero-order chi connectivity index (χ0) is 56.8. The predicted octanol–water partition coefficient (Wildman–Crippen LogP) is 13.2. The average molecular weight is 1020 g/mol. The molecule has 1 heterocycles. The van der Waals surface area contributed by atoms with Crippen LogP contribution < -0.4 is 21.7 Å². The second-order valence-corrected chi connectivity index (χ2v) is 28.1. The van der Waals surface area contributed by atoms with Crippen molar-refractivity contribution in [1.29, 1.82) is 0 Å². The number of amides is 5. The van der Waals surface area contributed by atoms with Gasteiger partial charge in [0.05, 0.1) is 5.60 Å². The molecule has 72 heavy (non-hydrogen) atoms. The Morgan fingerprint density at radius 3 is 1.31 bits per heavy atom. The predicted molar refractivity (Wildman–Crippen MR) is 303 cm³/mol. The summed E-state index contributed by atoms with van der Waals surface area (Å²) in [6.45, 7) is 43.4. The molecule has 1 saturated heterocycles. The summed E-state index contributed by atoms with van der Waals surface area (Å²) < 4.78 is 0. The van der Waals surface area contributed by atoms with Gasteiger partial charge >= 0.3 is 0 Å². The van der Waals surface area contributed by atoms with Crippen LogP contribution >= 0.6 is 0 Å². The van der Waals surface area contributed by atoms with E-state index in [1.807, 2.05) is 76.8 Å². The van der Waals surface area contributed by atoms with Crippen LogP contribution in [0.5, 0.6) is 0 Å². The van der Waals surface area contributed by atoms with Gasteiger partial charge < -0.3 is 31.7 Å². The first-order chi connectivity index (χ1) is 32.4. The van der Waals surface area contributed by atoms with Crippen LogP contribution in [-0.2, 0) is 28.8 Å². The first-order valence-electron chi connectivity index (χ1n) is 27.0. The first-order valence-corrected chi connectivity index (χ1v) is 27.0. The molecular weight excluding hydrogens is 903 g/mol. The van der Waals surface area contributed by atoms with E-state index in [1.165, 1.54) is 51.4 Å². The zero-order valence-corrected chi connectivity index (χ0v) is 50.3. The highest BCUT2D eigenvalue weighted by Crippen LogP contribution is 2.25. The lowest BCUT2D eigenvalue weighted by atomic mass is 9.87. The topological polar surface area (TPSA) is 188 Å². The summed E-state index contributed by atoms with van der Waals surface area (Å²) >= 11 is 0. The van der Waals surface area contributed by atoms with Gasteiger partial charge in [0.2, 0.25) is 29.5 Å². The molecule has 6 N–H and O–H groups in total. The second-order valence-electron chi connectivity index (χ2n) is 28.1. The van der Waals surface area contributed by atoms with Crippen LogP contribution in [0.4, 0.5) is 5.69 Å². The summed E-state index contributed by atoms with van der Waals surface area (Å²) in [5, 5.41) is 17.9. The van der Waals surface area contributed by atoms with Crippen molar-refractivity contribution in [2.45, 2.75) is 247 Å². The fourth-order valence-electron chi connectivity index (χ4n) is 7.33. The Morgan fingerprint density at radius 1 is 0.542 bits per heavy atom. The van der Waals surface area contributed by atoms with Crippen molar-refractivity contribution < 1.29 is 33.9 Å². The summed E-state index contributed by atoms with van der Waals surface area (Å²) in [7, 11) is 1.66. The van der Waals surface area contributed by atoms with Crippen LogP contribution in [0, 0.1) is 38.4 Å². The van der Waals surface area contributed by atoms with Gasteiger partial charge in [-0.05, 0) is 103 Å². The summed E-state index contributed by atoms with van der Waals surface area (Å²) in [5.41, 5.74) is 5.59. The standard InChI is InChI=1S/C13H25NO.C12H17NO.C11H21NO.C11H22O2.C7H15NO.C6H13NO/c1-13(2,3)9-12(15)14-10-11-7-5-4-6-8-11;1-12(2,3)9-11(14)13-10-7-5-4-6-8-10;1-11(2,3)9-10(13)12-7-5-4-6-8-12;1-10(2,3)8-9(12)6-7-11(4,5)13;1-7(2,3)5-6(9)8-4;1-6(2,3)4-5(7)8/h11H,4-10H2,1-3H3,(H,14,15);4-8H,9H2,1-3H3,(H,13,14);4-9H2,1-3H3;13H,6-8H2,1-5H3;5H2,1-4H3,(H,8,9);4H2,1-3H3,(H2,7,8). The monoisotopic (exact) mass is 1020 g/mol. The molecule has 1 aliphatic heterocycles. The number of anilines is 1. The quantitative estimate of drug-likeness (QED) is 0.138. The van der Waals surface area contributed by atoms with Gasteiger partial charge in [-0.25, -0.2) is 0 Å². The minimum absolute atomic E-state index is 0.0405. The largest absolute Gasteiger partial charge is 0.390 e. The molecule has 1 aromatic carbocycles. The average Bonchev–Trinajstić information content (AvgIpc) is 3.17. The Balaban J connectivity index is -0.000000804. The SMILES string of the molecule is CC(C)(C)CC(=O)CCC(C)(C)O.CC(C)(C)CC(=O)N1CCCCC1.CC(C)(C)CC(=O)NCC1CCCCC1.CC(C)(C)CC(=O)Nc1ccccc1.CC(C)(C)CC(N)=O.CNC(=O)CC(C)(C)C. The molecule has 3 rings (SSSR count). The van der Waals surface area contributed by atoms with Crippen molar-refractivity contribution in [3.63, 3.8) is 0 Å². The van der Waals surface area contributed by atoms with Gasteiger partial charge in [0.25, 0.3) is 0 Å². The number of benzene rings is 1. The first kappa shape index (κ1) is 72.4. The van der Waals surface area contributed by atoms with Crippen LogP contribution in [0.25, 0.3) is 0 Å². The third kappa shape index (κ3) is 55.5. The van der Waals surface area contributed by atoms with E-state index in [0.717, 1.165) is 31.2 Å². The van der Waals surface area contributed by atoms with E-state index in [2.05, 4.69) is 99.0 Å². The molecule has 0 radical (unpaired) electrons. The zero-order valence-electron chi connectivity index (χ0n) is 50.3. The number of nitrogens with one attached hydrogen (secondary N) is 3. The molecule has 5 amide bonds.